The van der Waals surface area contributed by atoms with E-state index in [-0.39, 0.29) is 29.9 Å². The van der Waals surface area contributed by atoms with Crippen molar-refractivity contribution in [2.24, 2.45) is 4.99 Å². The summed E-state index contributed by atoms with van der Waals surface area (Å²) >= 11 is 0. The Labute approximate surface area is 172 Å². The van der Waals surface area contributed by atoms with Gasteiger partial charge in [-0.1, -0.05) is 11.6 Å². The number of rotatable bonds is 7. The normalized spacial score (nSPS) is 14.3. The van der Waals surface area contributed by atoms with Crippen LogP contribution < -0.4 is 10.6 Å². The first-order valence-corrected chi connectivity index (χ1v) is 9.01. The molecule has 1 heterocycles. The van der Waals surface area contributed by atoms with Gasteiger partial charge in [0.1, 0.15) is 23.6 Å². The number of aliphatic imine (C=N–C) groups is 1. The van der Waals surface area contributed by atoms with E-state index in [0.717, 1.165) is 25.5 Å². The van der Waals surface area contributed by atoms with Crippen LogP contribution in [0.1, 0.15) is 60.9 Å². The molecule has 0 saturated carbocycles. The number of halogens is 1. The zero-order valence-electron chi connectivity index (χ0n) is 15.9. The molecule has 1 aliphatic rings. The first-order chi connectivity index (χ1) is 12.1. The highest BCUT2D eigenvalue weighted by atomic mass is 127. The fourth-order valence-electron chi connectivity index (χ4n) is 2.91. The number of methoxy groups -OCH3 is 1. The summed E-state index contributed by atoms with van der Waals surface area (Å²) < 4.78 is 10.3. The minimum absolute atomic E-state index is 0. The number of carbonyl (C=O) groups excluding carboxylic acids is 1. The molecule has 0 amide bonds. The maximum atomic E-state index is 11.6. The lowest BCUT2D eigenvalue weighted by Gasteiger charge is -2.15. The fourth-order valence-corrected chi connectivity index (χ4v) is 2.91. The van der Waals surface area contributed by atoms with E-state index in [4.69, 9.17) is 9.15 Å². The Hall–Kier alpha value is -1.51. The van der Waals surface area contributed by atoms with Crippen LogP contribution in [0.3, 0.4) is 0 Å². The molecular weight excluding hydrogens is 445 g/mol. The minimum Gasteiger partial charge on any atom is -0.465 e. The summed E-state index contributed by atoms with van der Waals surface area (Å²) in [7, 11) is 1.36. The number of nitrogens with zero attached hydrogens (tertiary/aromatic N) is 1. The third kappa shape index (κ3) is 7.01. The molecule has 1 aliphatic carbocycles. The number of ether oxygens (including phenoxy) is 1. The quantitative estimate of drug-likeness (QED) is 0.206. The Bertz CT molecular complexity index is 638. The molecule has 26 heavy (non-hydrogen) atoms. The van der Waals surface area contributed by atoms with Gasteiger partial charge in [0.25, 0.3) is 0 Å². The zero-order chi connectivity index (χ0) is 18.1. The van der Waals surface area contributed by atoms with E-state index in [1.807, 2.05) is 6.92 Å². The minimum atomic E-state index is -0.387. The topological polar surface area (TPSA) is 75.9 Å². The number of hydrogen-bond acceptors (Lipinski definition) is 4. The predicted octanol–water partition coefficient (Wildman–Crippen LogP) is 3.94. The molecular formula is C19H30IN3O3. The largest absolute Gasteiger partial charge is 0.465 e. The summed E-state index contributed by atoms with van der Waals surface area (Å²) in [5.41, 5.74) is 1.99. The molecule has 2 N–H and O–H groups in total. The molecule has 7 heteroatoms. The Morgan fingerprint density at radius 3 is 2.81 bits per heavy atom. The maximum absolute atomic E-state index is 11.6. The van der Waals surface area contributed by atoms with E-state index < -0.39 is 0 Å². The van der Waals surface area contributed by atoms with Crippen LogP contribution in [0, 0.1) is 6.92 Å². The summed E-state index contributed by atoms with van der Waals surface area (Å²) in [4.78, 5) is 16.2. The molecule has 0 spiro atoms. The molecule has 6 nitrogen and oxygen atoms in total. The molecule has 2 rings (SSSR count). The van der Waals surface area contributed by atoms with Crippen molar-refractivity contribution in [1.29, 1.82) is 0 Å². The third-order valence-electron chi connectivity index (χ3n) is 4.23. The van der Waals surface area contributed by atoms with Crippen LogP contribution >= 0.6 is 24.0 Å². The van der Waals surface area contributed by atoms with Crippen LogP contribution in [-0.2, 0) is 11.3 Å². The van der Waals surface area contributed by atoms with Gasteiger partial charge >= 0.3 is 5.97 Å². The molecule has 0 unspecified atom stereocenters. The zero-order valence-corrected chi connectivity index (χ0v) is 18.2. The van der Waals surface area contributed by atoms with Crippen LogP contribution in [-0.4, -0.2) is 32.1 Å². The average molecular weight is 475 g/mol. The van der Waals surface area contributed by atoms with Crippen LogP contribution in [0.4, 0.5) is 0 Å². The lowest BCUT2D eigenvalue weighted by atomic mass is 9.97. The third-order valence-corrected chi connectivity index (χ3v) is 4.23. The average Bonchev–Trinajstić information content (AvgIpc) is 3.00. The van der Waals surface area contributed by atoms with Crippen molar-refractivity contribution in [2.75, 3.05) is 20.2 Å². The number of furan rings is 1. The number of guanidine groups is 1. The number of aryl methyl sites for hydroxylation is 1. The highest BCUT2D eigenvalue weighted by Crippen LogP contribution is 2.19. The summed E-state index contributed by atoms with van der Waals surface area (Å²) in [6.45, 7) is 5.81. The van der Waals surface area contributed by atoms with Gasteiger partial charge in [0.15, 0.2) is 5.96 Å². The molecule has 0 bridgehead atoms. The van der Waals surface area contributed by atoms with E-state index >= 15 is 0 Å². The molecule has 0 saturated heterocycles. The number of hydrogen-bond donors (Lipinski definition) is 2. The van der Waals surface area contributed by atoms with Gasteiger partial charge in [-0.25, -0.2) is 9.79 Å². The van der Waals surface area contributed by atoms with Crippen molar-refractivity contribution in [3.63, 3.8) is 0 Å². The van der Waals surface area contributed by atoms with E-state index in [1.165, 1.54) is 32.8 Å². The van der Waals surface area contributed by atoms with E-state index in [9.17, 15) is 4.79 Å². The van der Waals surface area contributed by atoms with Gasteiger partial charge in [-0.3, -0.25) is 0 Å². The molecule has 1 aromatic rings. The van der Waals surface area contributed by atoms with Crippen LogP contribution in [0.2, 0.25) is 0 Å². The van der Waals surface area contributed by atoms with Gasteiger partial charge in [-0.15, -0.1) is 24.0 Å². The predicted molar refractivity (Wildman–Crippen MR) is 114 cm³/mol. The summed E-state index contributed by atoms with van der Waals surface area (Å²) in [5, 5.41) is 6.59. The second-order valence-electron chi connectivity index (χ2n) is 6.15. The highest BCUT2D eigenvalue weighted by Gasteiger charge is 2.15. The number of nitrogens with one attached hydrogen (secondary N) is 2. The molecule has 146 valence electrons. The molecule has 0 aromatic carbocycles. The van der Waals surface area contributed by atoms with Crippen molar-refractivity contribution in [3.8, 4) is 0 Å². The Balaban J connectivity index is 0.00000338. The van der Waals surface area contributed by atoms with Crippen molar-refractivity contribution in [3.05, 3.63) is 34.8 Å². The molecule has 0 fully saturated rings. The van der Waals surface area contributed by atoms with Gasteiger partial charge in [-0.05, 0) is 52.0 Å². The van der Waals surface area contributed by atoms with E-state index in [0.29, 0.717) is 23.6 Å². The van der Waals surface area contributed by atoms with Gasteiger partial charge < -0.3 is 19.8 Å². The van der Waals surface area contributed by atoms with Gasteiger partial charge in [0.05, 0.1) is 7.11 Å². The summed E-state index contributed by atoms with van der Waals surface area (Å²) in [5.74, 6) is 1.57. The number of esters is 1. The van der Waals surface area contributed by atoms with E-state index in [2.05, 4.69) is 21.7 Å². The molecule has 0 atom stereocenters. The molecule has 0 radical (unpaired) electrons. The van der Waals surface area contributed by atoms with Crippen molar-refractivity contribution in [1.82, 2.24) is 10.6 Å². The summed E-state index contributed by atoms with van der Waals surface area (Å²) in [6.07, 6.45) is 8.48. The standard InChI is InChI=1S/C19H29N3O3.HI/c1-4-20-19(21-11-10-15-8-6-5-7-9-15)22-13-16-12-17(14(2)25-16)18(23)24-3;/h8,12H,4-7,9-11,13H2,1-3H3,(H2,20,21,22);1H. The second kappa shape index (κ2) is 12.0. The van der Waals surface area contributed by atoms with Gasteiger partial charge in [0, 0.05) is 13.1 Å². The van der Waals surface area contributed by atoms with Crippen LogP contribution in [0.5, 0.6) is 0 Å². The number of allylic oxidation sites excluding steroid dienone is 1. The van der Waals surface area contributed by atoms with E-state index in [1.54, 1.807) is 18.6 Å². The fraction of sp³-hybridized carbons (Fsp3) is 0.579. The first-order valence-electron chi connectivity index (χ1n) is 9.01. The number of carbonyl (C=O) groups is 1. The first kappa shape index (κ1) is 22.5. The SMILES string of the molecule is CCNC(=NCc1cc(C(=O)OC)c(C)o1)NCCC1=CCCCC1.I. The van der Waals surface area contributed by atoms with Crippen molar-refractivity contribution >= 4 is 35.9 Å². The monoisotopic (exact) mass is 475 g/mol. The second-order valence-corrected chi connectivity index (χ2v) is 6.15. The van der Waals surface area contributed by atoms with Gasteiger partial charge in [0.2, 0.25) is 0 Å². The highest BCUT2D eigenvalue weighted by molar-refractivity contribution is 14.0. The Morgan fingerprint density at radius 2 is 2.15 bits per heavy atom. The smallest absolute Gasteiger partial charge is 0.341 e. The maximum Gasteiger partial charge on any atom is 0.341 e. The van der Waals surface area contributed by atoms with Crippen LogP contribution in [0.25, 0.3) is 0 Å². The van der Waals surface area contributed by atoms with Crippen molar-refractivity contribution < 1.29 is 13.9 Å². The lowest BCUT2D eigenvalue weighted by Crippen LogP contribution is -2.37. The molecule has 1 aromatic heterocycles. The summed E-state index contributed by atoms with van der Waals surface area (Å²) in [6, 6.07) is 1.70. The van der Waals surface area contributed by atoms with Gasteiger partial charge in [-0.2, -0.15) is 0 Å². The Morgan fingerprint density at radius 1 is 1.35 bits per heavy atom. The molecule has 0 aliphatic heterocycles. The Kier molecular flexibility index (Phi) is 10.4. The van der Waals surface area contributed by atoms with Crippen molar-refractivity contribution in [2.45, 2.75) is 52.5 Å². The van der Waals surface area contributed by atoms with Crippen LogP contribution in [0.15, 0.2) is 27.1 Å². The lowest BCUT2D eigenvalue weighted by molar-refractivity contribution is 0.0599.